The first-order valence-corrected chi connectivity index (χ1v) is 8.42. The number of aromatic nitrogens is 2. The fourth-order valence-electron chi connectivity index (χ4n) is 3.03. The first-order chi connectivity index (χ1) is 12.4. The molecule has 0 unspecified atom stereocenters. The van der Waals surface area contributed by atoms with Crippen molar-refractivity contribution in [3.63, 3.8) is 0 Å². The summed E-state index contributed by atoms with van der Waals surface area (Å²) >= 11 is 0. The van der Waals surface area contributed by atoms with Crippen molar-refractivity contribution < 1.29 is 14.3 Å². The summed E-state index contributed by atoms with van der Waals surface area (Å²) in [6, 6.07) is 5.65. The largest absolute Gasteiger partial charge is 0.494 e. The van der Waals surface area contributed by atoms with Crippen LogP contribution < -0.4 is 21.5 Å². The fourth-order valence-corrected chi connectivity index (χ4v) is 3.03. The number of nitrogens with one attached hydrogen (secondary N) is 1. The second kappa shape index (κ2) is 6.70. The number of ether oxygens (including phenoxy) is 1. The molecule has 1 saturated carbocycles. The SMILES string of the molecule is COc1c(N)cc(CCNC(=O)C2(C(N)=O)CC2)cc1-c1ccn(C)n1. The van der Waals surface area contributed by atoms with E-state index in [1.807, 2.05) is 31.4 Å². The number of methoxy groups -OCH3 is 1. The maximum Gasteiger partial charge on any atom is 0.235 e. The number of nitrogens with zero attached hydrogens (tertiary/aromatic N) is 2. The van der Waals surface area contributed by atoms with Crippen LogP contribution in [0.15, 0.2) is 24.4 Å². The maximum atomic E-state index is 12.1. The lowest BCUT2D eigenvalue weighted by Gasteiger charge is -2.14. The van der Waals surface area contributed by atoms with Crippen LogP contribution in [0.3, 0.4) is 0 Å². The standard InChI is InChI=1S/C18H23N5O3/c1-23-8-4-14(22-23)12-9-11(10-13(19)15(12)26-2)3-7-21-17(25)18(5-6-18)16(20)24/h4,8-10H,3,5-7,19H2,1-2H3,(H2,20,24)(H,21,25). The number of hydrogen-bond acceptors (Lipinski definition) is 5. The van der Waals surface area contributed by atoms with Gasteiger partial charge in [-0.25, -0.2) is 0 Å². The van der Waals surface area contributed by atoms with Gasteiger partial charge in [-0.2, -0.15) is 5.10 Å². The molecule has 1 aliphatic carbocycles. The van der Waals surface area contributed by atoms with Crippen molar-refractivity contribution >= 4 is 17.5 Å². The van der Waals surface area contributed by atoms with E-state index in [-0.39, 0.29) is 5.91 Å². The van der Waals surface area contributed by atoms with Crippen molar-refractivity contribution in [2.75, 3.05) is 19.4 Å². The number of nitrogen functional groups attached to an aromatic ring is 1. The van der Waals surface area contributed by atoms with Crippen molar-refractivity contribution in [2.45, 2.75) is 19.3 Å². The number of anilines is 1. The van der Waals surface area contributed by atoms with E-state index in [0.29, 0.717) is 37.2 Å². The van der Waals surface area contributed by atoms with Crippen LogP contribution in [0, 0.1) is 5.41 Å². The van der Waals surface area contributed by atoms with Gasteiger partial charge in [-0.1, -0.05) is 0 Å². The van der Waals surface area contributed by atoms with Gasteiger partial charge in [-0.15, -0.1) is 0 Å². The number of aryl methyl sites for hydroxylation is 1. The summed E-state index contributed by atoms with van der Waals surface area (Å²) in [5, 5.41) is 7.20. The van der Waals surface area contributed by atoms with Gasteiger partial charge < -0.3 is 21.5 Å². The number of hydrogen-bond donors (Lipinski definition) is 3. The Balaban J connectivity index is 1.73. The smallest absolute Gasteiger partial charge is 0.235 e. The molecule has 8 heteroatoms. The highest BCUT2D eigenvalue weighted by Crippen LogP contribution is 2.45. The van der Waals surface area contributed by atoms with Crippen LogP contribution in [0.2, 0.25) is 0 Å². The molecule has 0 atom stereocenters. The van der Waals surface area contributed by atoms with E-state index in [1.54, 1.807) is 11.8 Å². The lowest BCUT2D eigenvalue weighted by Crippen LogP contribution is -2.41. The number of benzene rings is 1. The number of carbonyl (C=O) groups excluding carboxylic acids is 2. The average molecular weight is 357 g/mol. The molecule has 0 bridgehead atoms. The Morgan fingerprint density at radius 2 is 2.12 bits per heavy atom. The molecule has 2 amide bonds. The van der Waals surface area contributed by atoms with Gasteiger partial charge in [-0.3, -0.25) is 14.3 Å². The highest BCUT2D eigenvalue weighted by Gasteiger charge is 2.55. The van der Waals surface area contributed by atoms with E-state index in [9.17, 15) is 9.59 Å². The number of nitrogens with two attached hydrogens (primary N) is 2. The topological polar surface area (TPSA) is 125 Å². The molecule has 1 aromatic carbocycles. The second-order valence-electron chi connectivity index (χ2n) is 6.59. The molecule has 26 heavy (non-hydrogen) atoms. The zero-order valence-electron chi connectivity index (χ0n) is 14.9. The number of rotatable bonds is 7. The highest BCUT2D eigenvalue weighted by molar-refractivity contribution is 6.07. The first-order valence-electron chi connectivity index (χ1n) is 8.42. The van der Waals surface area contributed by atoms with Crippen molar-refractivity contribution in [2.24, 2.45) is 18.2 Å². The predicted octanol–water partition coefficient (Wildman–Crippen LogP) is 0.602. The van der Waals surface area contributed by atoms with E-state index in [0.717, 1.165) is 16.8 Å². The summed E-state index contributed by atoms with van der Waals surface area (Å²) in [5.74, 6) is -0.278. The van der Waals surface area contributed by atoms with Crippen LogP contribution >= 0.6 is 0 Å². The molecule has 1 fully saturated rings. The van der Waals surface area contributed by atoms with Gasteiger partial charge in [0.25, 0.3) is 0 Å². The molecule has 5 N–H and O–H groups in total. The van der Waals surface area contributed by atoms with E-state index in [4.69, 9.17) is 16.2 Å². The Labute approximate surface area is 151 Å². The molecule has 8 nitrogen and oxygen atoms in total. The third kappa shape index (κ3) is 3.22. The highest BCUT2D eigenvalue weighted by atomic mass is 16.5. The number of carbonyl (C=O) groups is 2. The van der Waals surface area contributed by atoms with Gasteiger partial charge >= 0.3 is 0 Å². The van der Waals surface area contributed by atoms with Crippen LogP contribution in [-0.2, 0) is 23.1 Å². The van der Waals surface area contributed by atoms with Gasteiger partial charge in [0, 0.05) is 25.4 Å². The predicted molar refractivity (Wildman–Crippen MR) is 97.2 cm³/mol. The van der Waals surface area contributed by atoms with Gasteiger partial charge in [0.2, 0.25) is 11.8 Å². The Kier molecular flexibility index (Phi) is 4.58. The molecule has 1 heterocycles. The quantitative estimate of drug-likeness (QED) is 0.494. The summed E-state index contributed by atoms with van der Waals surface area (Å²) in [7, 11) is 3.40. The van der Waals surface area contributed by atoms with Gasteiger partial charge in [0.05, 0.1) is 18.5 Å². The molecule has 0 radical (unpaired) electrons. The Morgan fingerprint density at radius 3 is 2.65 bits per heavy atom. The normalized spacial score (nSPS) is 14.7. The molecular formula is C18H23N5O3. The summed E-state index contributed by atoms with van der Waals surface area (Å²) in [5.41, 5.74) is 13.4. The molecule has 0 aliphatic heterocycles. The van der Waals surface area contributed by atoms with E-state index >= 15 is 0 Å². The Bertz CT molecular complexity index is 855. The summed E-state index contributed by atoms with van der Waals surface area (Å²) in [6.45, 7) is 0.390. The van der Waals surface area contributed by atoms with Gasteiger partial charge in [-0.05, 0) is 43.0 Å². The van der Waals surface area contributed by atoms with E-state index < -0.39 is 11.3 Å². The van der Waals surface area contributed by atoms with Crippen LogP contribution in [-0.4, -0.2) is 35.2 Å². The summed E-state index contributed by atoms with van der Waals surface area (Å²) in [4.78, 5) is 23.5. The number of amides is 2. The molecule has 1 aromatic heterocycles. The van der Waals surface area contributed by atoms with Crippen molar-refractivity contribution in [3.05, 3.63) is 30.0 Å². The average Bonchev–Trinajstić information content (AvgIpc) is 3.31. The third-order valence-corrected chi connectivity index (χ3v) is 4.73. The van der Waals surface area contributed by atoms with Gasteiger partial charge in [0.1, 0.15) is 5.41 Å². The Morgan fingerprint density at radius 1 is 1.38 bits per heavy atom. The minimum atomic E-state index is -1.00. The van der Waals surface area contributed by atoms with Crippen molar-refractivity contribution in [1.29, 1.82) is 0 Å². The van der Waals surface area contributed by atoms with Gasteiger partial charge in [0.15, 0.2) is 5.75 Å². The molecule has 138 valence electrons. The monoisotopic (exact) mass is 357 g/mol. The second-order valence-corrected chi connectivity index (χ2v) is 6.59. The number of primary amides is 1. The minimum absolute atomic E-state index is 0.295. The lowest BCUT2D eigenvalue weighted by atomic mass is 10.0. The zero-order chi connectivity index (χ0) is 18.9. The minimum Gasteiger partial charge on any atom is -0.494 e. The molecular weight excluding hydrogens is 334 g/mol. The van der Waals surface area contributed by atoms with Crippen LogP contribution in [0.4, 0.5) is 5.69 Å². The summed E-state index contributed by atoms with van der Waals surface area (Å²) in [6.07, 6.45) is 3.45. The maximum absolute atomic E-state index is 12.1. The molecule has 3 rings (SSSR count). The van der Waals surface area contributed by atoms with Crippen molar-refractivity contribution in [3.8, 4) is 17.0 Å². The van der Waals surface area contributed by atoms with Crippen molar-refractivity contribution in [1.82, 2.24) is 15.1 Å². The molecule has 1 aliphatic rings. The lowest BCUT2D eigenvalue weighted by molar-refractivity contribution is -0.135. The van der Waals surface area contributed by atoms with Crippen LogP contribution in [0.1, 0.15) is 18.4 Å². The van der Waals surface area contributed by atoms with Crippen LogP contribution in [0.25, 0.3) is 11.3 Å². The van der Waals surface area contributed by atoms with E-state index in [2.05, 4.69) is 10.4 Å². The van der Waals surface area contributed by atoms with E-state index in [1.165, 1.54) is 0 Å². The first kappa shape index (κ1) is 17.8. The third-order valence-electron chi connectivity index (χ3n) is 4.73. The van der Waals surface area contributed by atoms with Crippen LogP contribution in [0.5, 0.6) is 5.75 Å². The summed E-state index contributed by atoms with van der Waals surface area (Å²) < 4.78 is 7.13. The fraction of sp³-hybridized carbons (Fsp3) is 0.389. The molecule has 2 aromatic rings. The molecule has 0 saturated heterocycles. The molecule has 0 spiro atoms. The Hall–Kier alpha value is -3.03. The zero-order valence-corrected chi connectivity index (χ0v) is 14.9.